The normalized spacial score (nSPS) is 11.4. The molecule has 0 heterocycles. The zero-order valence-electron chi connectivity index (χ0n) is 9.49. The molecule has 1 rings (SSSR count). The molecule has 4 nitrogen and oxygen atoms in total. The fraction of sp³-hybridized carbons (Fsp3) is 0.300. The molecule has 0 atom stereocenters. The molecule has 0 saturated carbocycles. The van der Waals surface area contributed by atoms with Gasteiger partial charge in [-0.2, -0.15) is 0 Å². The first-order valence-electron chi connectivity index (χ1n) is 4.67. The average Bonchev–Trinajstić information content (AvgIpc) is 2.14. The summed E-state index contributed by atoms with van der Waals surface area (Å²) < 4.78 is 23.5. The van der Waals surface area contributed by atoms with E-state index < -0.39 is 15.0 Å². The van der Waals surface area contributed by atoms with Crippen LogP contribution in [0.15, 0.2) is 17.0 Å². The maximum absolute atomic E-state index is 11.3. The Bertz CT molecular complexity index is 569. The molecule has 0 fully saturated rings. The smallest absolute Gasteiger partial charge is 0.261 e. The number of carbonyl (C=O) groups excluding carboxylic acids is 1. The quantitative estimate of drug-likeness (QED) is 0.623. The lowest BCUT2D eigenvalue weighted by Crippen LogP contribution is -2.19. The second-order valence-electron chi connectivity index (χ2n) is 3.59. The summed E-state index contributed by atoms with van der Waals surface area (Å²) in [7, 11) is 1.44. The highest BCUT2D eigenvalue weighted by molar-refractivity contribution is 8.13. The first-order chi connectivity index (χ1) is 7.66. The Kier molecular flexibility index (Phi) is 4.06. The highest BCUT2D eigenvalue weighted by Crippen LogP contribution is 2.32. The summed E-state index contributed by atoms with van der Waals surface area (Å²) in [6.45, 7) is 4.56. The van der Waals surface area contributed by atoms with Crippen molar-refractivity contribution < 1.29 is 13.2 Å². The second kappa shape index (κ2) is 4.84. The van der Waals surface area contributed by atoms with Gasteiger partial charge in [0.05, 0.1) is 10.6 Å². The van der Waals surface area contributed by atoms with E-state index >= 15 is 0 Å². The minimum atomic E-state index is -3.86. The van der Waals surface area contributed by atoms with Crippen LogP contribution in [-0.2, 0) is 13.8 Å². The van der Waals surface area contributed by atoms with Crippen molar-refractivity contribution in [3.8, 4) is 0 Å². The Labute approximate surface area is 110 Å². The highest BCUT2D eigenvalue weighted by Gasteiger charge is 2.21. The molecule has 0 bridgehead atoms. The van der Waals surface area contributed by atoms with Crippen LogP contribution in [-0.4, -0.2) is 14.3 Å². The van der Waals surface area contributed by atoms with Gasteiger partial charge in [-0.3, -0.25) is 4.79 Å². The fourth-order valence-electron chi connectivity index (χ4n) is 1.54. The molecule has 0 spiro atoms. The van der Waals surface area contributed by atoms with Crippen LogP contribution in [0.3, 0.4) is 0 Å². The van der Waals surface area contributed by atoms with Crippen LogP contribution in [0.25, 0.3) is 0 Å². The van der Waals surface area contributed by atoms with Crippen molar-refractivity contribution in [2.24, 2.45) is 0 Å². The van der Waals surface area contributed by atoms with Gasteiger partial charge in [0, 0.05) is 29.4 Å². The van der Waals surface area contributed by atoms with Crippen molar-refractivity contribution >= 4 is 43.1 Å². The number of aryl methyl sites for hydroxylation is 1. The van der Waals surface area contributed by atoms with Crippen LogP contribution in [0.4, 0.5) is 5.69 Å². The topological polar surface area (TPSA) is 54.5 Å². The molecule has 0 aromatic heterocycles. The number of anilines is 1. The van der Waals surface area contributed by atoms with E-state index in [2.05, 4.69) is 0 Å². The van der Waals surface area contributed by atoms with Crippen LogP contribution < -0.4 is 4.42 Å². The van der Waals surface area contributed by atoms with Gasteiger partial charge in [0.15, 0.2) is 0 Å². The molecular weight excluding hydrogens is 285 g/mol. The Morgan fingerprint density at radius 1 is 1.29 bits per heavy atom. The van der Waals surface area contributed by atoms with Gasteiger partial charge in [-0.1, -0.05) is 6.07 Å². The Balaban J connectivity index is 3.57. The van der Waals surface area contributed by atoms with Crippen molar-refractivity contribution in [2.45, 2.75) is 25.7 Å². The molecule has 17 heavy (non-hydrogen) atoms. The molecule has 1 amide bonds. The highest BCUT2D eigenvalue weighted by atomic mass is 35.7. The zero-order valence-corrected chi connectivity index (χ0v) is 11.8. The van der Waals surface area contributed by atoms with E-state index in [1.54, 1.807) is 19.9 Å². The maximum Gasteiger partial charge on any atom is 0.261 e. The lowest BCUT2D eigenvalue weighted by Gasteiger charge is -2.18. The Morgan fingerprint density at radius 3 is 2.24 bits per heavy atom. The van der Waals surface area contributed by atoms with Crippen molar-refractivity contribution in [2.75, 3.05) is 4.42 Å². The molecule has 0 saturated heterocycles. The number of amides is 1. The fourth-order valence-corrected chi connectivity index (χ4v) is 3.00. The summed E-state index contributed by atoms with van der Waals surface area (Å²) >= 11 is 5.82. The van der Waals surface area contributed by atoms with E-state index in [1.807, 2.05) is 0 Å². The summed E-state index contributed by atoms with van der Waals surface area (Å²) in [5.74, 6) is -0.401. The molecule has 0 radical (unpaired) electrons. The number of hydrogen-bond donors (Lipinski definition) is 0. The van der Waals surface area contributed by atoms with Gasteiger partial charge in [-0.25, -0.2) is 12.8 Å². The number of rotatable bonds is 2. The molecule has 94 valence electrons. The molecule has 1 aromatic carbocycles. The molecule has 0 aliphatic rings. The number of nitrogens with zero attached hydrogens (tertiary/aromatic N) is 1. The van der Waals surface area contributed by atoms with E-state index in [0.717, 1.165) is 4.42 Å². The third kappa shape index (κ3) is 2.91. The molecule has 1 aromatic rings. The van der Waals surface area contributed by atoms with Gasteiger partial charge in [0.2, 0.25) is 5.91 Å². The summed E-state index contributed by atoms with van der Waals surface area (Å²) in [6, 6.07) is 2.94. The van der Waals surface area contributed by atoms with Crippen molar-refractivity contribution in [1.29, 1.82) is 0 Å². The number of carbonyl (C=O) groups is 1. The van der Waals surface area contributed by atoms with Gasteiger partial charge in [0.25, 0.3) is 9.05 Å². The van der Waals surface area contributed by atoms with Crippen LogP contribution in [0, 0.1) is 13.8 Å². The standard InChI is InChI=1S/C10H11Cl2NO3S/c1-6-4-5-9(17(12,15)16)7(2)10(6)13(11)8(3)14/h4-5H,1-3H3. The van der Waals surface area contributed by atoms with Crippen molar-refractivity contribution in [3.05, 3.63) is 23.3 Å². The van der Waals surface area contributed by atoms with Crippen LogP contribution in [0.2, 0.25) is 0 Å². The third-order valence-electron chi connectivity index (χ3n) is 2.32. The number of hydrogen-bond acceptors (Lipinski definition) is 3. The molecule has 0 unspecified atom stereocenters. The lowest BCUT2D eigenvalue weighted by atomic mass is 10.1. The molecular formula is C10H11Cl2NO3S. The summed E-state index contributed by atoms with van der Waals surface area (Å²) in [6.07, 6.45) is 0. The number of halogens is 2. The third-order valence-corrected chi connectivity index (χ3v) is 4.19. The molecule has 0 N–H and O–H groups in total. The van der Waals surface area contributed by atoms with Crippen molar-refractivity contribution in [1.82, 2.24) is 0 Å². The molecule has 0 aliphatic heterocycles. The monoisotopic (exact) mass is 295 g/mol. The predicted molar refractivity (Wildman–Crippen MR) is 68.0 cm³/mol. The average molecular weight is 296 g/mol. The SMILES string of the molecule is CC(=O)N(Cl)c1c(C)ccc(S(=O)(=O)Cl)c1C. The van der Waals surface area contributed by atoms with Gasteiger partial charge in [-0.15, -0.1) is 0 Å². The minimum Gasteiger partial charge on any atom is -0.274 e. The number of benzene rings is 1. The summed E-state index contributed by atoms with van der Waals surface area (Å²) in [5.41, 5.74) is 1.39. The maximum atomic E-state index is 11.3. The summed E-state index contributed by atoms with van der Waals surface area (Å²) in [5, 5.41) is 0. The second-order valence-corrected chi connectivity index (χ2v) is 6.46. The Hall–Kier alpha value is -0.780. The van der Waals surface area contributed by atoms with Crippen molar-refractivity contribution in [3.63, 3.8) is 0 Å². The first-order valence-corrected chi connectivity index (χ1v) is 7.32. The van der Waals surface area contributed by atoms with Gasteiger partial charge >= 0.3 is 0 Å². The minimum absolute atomic E-state index is 0.0494. The van der Waals surface area contributed by atoms with E-state index in [0.29, 0.717) is 16.8 Å². The van der Waals surface area contributed by atoms with E-state index in [1.165, 1.54) is 13.0 Å². The van der Waals surface area contributed by atoms with E-state index in [-0.39, 0.29) is 4.90 Å². The van der Waals surface area contributed by atoms with E-state index in [9.17, 15) is 13.2 Å². The van der Waals surface area contributed by atoms with E-state index in [4.69, 9.17) is 22.5 Å². The zero-order chi connectivity index (χ0) is 13.4. The van der Waals surface area contributed by atoms with Crippen LogP contribution in [0.1, 0.15) is 18.1 Å². The van der Waals surface area contributed by atoms with Gasteiger partial charge < -0.3 is 0 Å². The largest absolute Gasteiger partial charge is 0.274 e. The first kappa shape index (κ1) is 14.3. The summed E-state index contributed by atoms with van der Waals surface area (Å²) in [4.78, 5) is 11.2. The van der Waals surface area contributed by atoms with Gasteiger partial charge in [-0.05, 0) is 31.0 Å². The predicted octanol–water partition coefficient (Wildman–Crippen LogP) is 2.74. The van der Waals surface area contributed by atoms with Crippen LogP contribution >= 0.6 is 22.5 Å². The Morgan fingerprint density at radius 2 is 1.82 bits per heavy atom. The van der Waals surface area contributed by atoms with Gasteiger partial charge in [0.1, 0.15) is 0 Å². The lowest BCUT2D eigenvalue weighted by molar-refractivity contribution is -0.115. The van der Waals surface area contributed by atoms with Crippen LogP contribution in [0.5, 0.6) is 0 Å². The molecule has 7 heteroatoms. The molecule has 0 aliphatic carbocycles.